The van der Waals surface area contributed by atoms with Gasteiger partial charge in [0.2, 0.25) is 0 Å². The zero-order chi connectivity index (χ0) is 19.9. The molecule has 0 amide bonds. The van der Waals surface area contributed by atoms with Gasteiger partial charge >= 0.3 is 0 Å². The largest absolute Gasteiger partial charge is 0.393 e. The minimum absolute atomic E-state index is 0. The first-order chi connectivity index (χ1) is 13.5. The van der Waals surface area contributed by atoms with E-state index in [1.54, 1.807) is 0 Å². The molecule has 5 nitrogen and oxygen atoms in total. The molecule has 0 radical (unpaired) electrons. The van der Waals surface area contributed by atoms with Gasteiger partial charge < -0.3 is 15.5 Å². The van der Waals surface area contributed by atoms with E-state index in [1.807, 2.05) is 0 Å². The van der Waals surface area contributed by atoms with Crippen LogP contribution in [0.4, 0.5) is 8.78 Å². The Morgan fingerprint density at radius 1 is 0.645 bits per heavy atom. The minimum Gasteiger partial charge on any atom is -0.393 e. The molecule has 31 heavy (non-hydrogen) atoms. The Hall–Kier alpha value is -0.340. The highest BCUT2D eigenvalue weighted by molar-refractivity contribution is 4.88. The van der Waals surface area contributed by atoms with Crippen LogP contribution in [0.5, 0.6) is 0 Å². The maximum atomic E-state index is 13.6. The van der Waals surface area contributed by atoms with Crippen LogP contribution in [0.3, 0.4) is 0 Å². The summed E-state index contributed by atoms with van der Waals surface area (Å²) in [5.74, 6) is 0. The Labute approximate surface area is 192 Å². The molecule has 4 atom stereocenters. The van der Waals surface area contributed by atoms with Gasteiger partial charge in [-0.3, -0.25) is 9.80 Å². The highest BCUT2D eigenvalue weighted by atomic mass is 19.1. The van der Waals surface area contributed by atoms with Crippen LogP contribution in [0.1, 0.15) is 81.5 Å². The monoisotopic (exact) mass is 453 g/mol. The number of halogens is 2. The maximum Gasteiger partial charge on any atom is 0.128 e. The number of hydrogen-bond acceptors (Lipinski definition) is 5. The average molecular weight is 454 g/mol. The Balaban J connectivity index is 0. The normalized spacial score (nSPS) is 33.7. The molecule has 1 aliphatic carbocycles. The zero-order valence-corrected chi connectivity index (χ0v) is 17.1. The number of nitrogens with one attached hydrogen (secondary N) is 1. The average Bonchev–Trinajstić information content (AvgIpc) is 2.71. The molecule has 0 aromatic carbocycles. The Morgan fingerprint density at radius 3 is 1.55 bits per heavy atom. The van der Waals surface area contributed by atoms with E-state index in [-0.39, 0.29) is 48.0 Å². The summed E-state index contributed by atoms with van der Waals surface area (Å²) in [6, 6.07) is 0.236. The molecule has 4 fully saturated rings. The summed E-state index contributed by atoms with van der Waals surface area (Å²) in [5.41, 5.74) is 0. The molecule has 4 aliphatic rings. The standard InChI is InChI=1S/C11H20FNO.C10H19FN2O.3CH4.H2/c12-10-3-1-2-4-11(10)13-7-5-9(14)6-8-13;11-9-7-12-4-1-10(9)13-5-2-8(14)3-6-13;;;;/h9-11,14H,1-8H2;8-10,12,14H,1-7H2;3*1H4;1H/t10-,11+;9-,10+;;;;/m00..../s1. The third kappa shape index (κ3) is 9.20. The molecule has 190 valence electrons. The molecular formula is C24H53F2N3O2. The van der Waals surface area contributed by atoms with Gasteiger partial charge in [0.1, 0.15) is 12.3 Å². The molecule has 3 saturated heterocycles. The number of aliphatic hydroxyl groups is 2. The molecule has 3 aliphatic heterocycles. The predicted octanol–water partition coefficient (Wildman–Crippen LogP) is 4.02. The van der Waals surface area contributed by atoms with Gasteiger partial charge in [-0.2, -0.15) is 0 Å². The van der Waals surface area contributed by atoms with Crippen molar-refractivity contribution in [2.24, 2.45) is 0 Å². The summed E-state index contributed by atoms with van der Waals surface area (Å²) in [7, 11) is 0. The van der Waals surface area contributed by atoms with E-state index in [0.29, 0.717) is 6.54 Å². The summed E-state index contributed by atoms with van der Waals surface area (Å²) in [4.78, 5) is 4.45. The molecule has 3 heterocycles. The Kier molecular flexibility index (Phi) is 15.3. The number of likely N-dealkylation sites (tertiary alicyclic amines) is 2. The van der Waals surface area contributed by atoms with E-state index in [0.717, 1.165) is 84.1 Å². The number of rotatable bonds is 2. The molecule has 0 unspecified atom stereocenters. The SMILES string of the molecule is C.C.C.OC1CCN([C@@H]2CCCC[C@@H]2F)CC1.OC1CCN([C@@H]2CCNC[C@@H]2F)CC1.[HH]. The lowest BCUT2D eigenvalue weighted by Crippen LogP contribution is -2.53. The second-order valence-corrected chi connectivity index (χ2v) is 8.98. The lowest BCUT2D eigenvalue weighted by Gasteiger charge is -2.39. The molecule has 4 rings (SSSR count). The van der Waals surface area contributed by atoms with Crippen LogP contribution in [0, 0.1) is 0 Å². The fourth-order valence-corrected chi connectivity index (χ4v) is 5.13. The molecule has 7 heteroatoms. The van der Waals surface area contributed by atoms with Crippen molar-refractivity contribution in [2.75, 3.05) is 39.3 Å². The van der Waals surface area contributed by atoms with Crippen molar-refractivity contribution in [1.82, 2.24) is 15.1 Å². The van der Waals surface area contributed by atoms with Crippen molar-refractivity contribution in [3.05, 3.63) is 0 Å². The van der Waals surface area contributed by atoms with Gasteiger partial charge in [-0.1, -0.05) is 35.1 Å². The summed E-state index contributed by atoms with van der Waals surface area (Å²) in [6.45, 7) is 4.88. The minimum atomic E-state index is -0.737. The molecule has 0 aromatic heterocycles. The van der Waals surface area contributed by atoms with Gasteiger partial charge in [0.25, 0.3) is 0 Å². The van der Waals surface area contributed by atoms with Crippen LogP contribution >= 0.6 is 0 Å². The van der Waals surface area contributed by atoms with E-state index in [2.05, 4.69) is 15.1 Å². The fourth-order valence-electron chi connectivity index (χ4n) is 5.13. The van der Waals surface area contributed by atoms with Crippen LogP contribution in [0.25, 0.3) is 0 Å². The number of nitrogens with zero attached hydrogens (tertiary/aromatic N) is 2. The van der Waals surface area contributed by atoms with Crippen LogP contribution in [-0.4, -0.2) is 95.9 Å². The summed E-state index contributed by atoms with van der Waals surface area (Å²) in [6.07, 6.45) is 6.45. The van der Waals surface area contributed by atoms with Gasteiger partial charge in [-0.25, -0.2) is 8.78 Å². The van der Waals surface area contributed by atoms with Crippen LogP contribution in [0.15, 0.2) is 0 Å². The first-order valence-corrected chi connectivity index (χ1v) is 11.4. The van der Waals surface area contributed by atoms with E-state index >= 15 is 0 Å². The van der Waals surface area contributed by atoms with Crippen LogP contribution < -0.4 is 5.32 Å². The quantitative estimate of drug-likeness (QED) is 0.590. The molecule has 0 spiro atoms. The third-order valence-corrected chi connectivity index (χ3v) is 6.96. The molecule has 3 N–H and O–H groups in total. The van der Waals surface area contributed by atoms with Crippen molar-refractivity contribution < 1.29 is 20.4 Å². The summed E-state index contributed by atoms with van der Waals surface area (Å²) in [5, 5.41) is 21.8. The third-order valence-electron chi connectivity index (χ3n) is 6.96. The topological polar surface area (TPSA) is 59.0 Å². The second-order valence-electron chi connectivity index (χ2n) is 8.98. The van der Waals surface area contributed by atoms with Gasteiger partial charge in [0, 0.05) is 46.2 Å². The van der Waals surface area contributed by atoms with E-state index in [1.165, 1.54) is 6.42 Å². The second kappa shape index (κ2) is 15.5. The maximum absolute atomic E-state index is 13.6. The zero-order valence-electron chi connectivity index (χ0n) is 17.1. The van der Waals surface area contributed by atoms with Gasteiger partial charge in [0.05, 0.1) is 12.2 Å². The van der Waals surface area contributed by atoms with E-state index < -0.39 is 12.3 Å². The van der Waals surface area contributed by atoms with E-state index in [4.69, 9.17) is 0 Å². The Bertz CT molecular complexity index is 411. The lowest BCUT2D eigenvalue weighted by atomic mass is 9.91. The Morgan fingerprint density at radius 2 is 1.10 bits per heavy atom. The van der Waals surface area contributed by atoms with Gasteiger partial charge in [0.15, 0.2) is 0 Å². The van der Waals surface area contributed by atoms with Gasteiger partial charge in [-0.05, 0) is 51.5 Å². The van der Waals surface area contributed by atoms with Crippen molar-refractivity contribution >= 4 is 0 Å². The fraction of sp³-hybridized carbons (Fsp3) is 1.00. The van der Waals surface area contributed by atoms with Crippen molar-refractivity contribution in [3.63, 3.8) is 0 Å². The van der Waals surface area contributed by atoms with Crippen molar-refractivity contribution in [2.45, 2.75) is 117 Å². The molecule has 0 aromatic rings. The van der Waals surface area contributed by atoms with Gasteiger partial charge in [-0.15, -0.1) is 0 Å². The van der Waals surface area contributed by atoms with Crippen LogP contribution in [0.2, 0.25) is 0 Å². The summed E-state index contributed by atoms with van der Waals surface area (Å²) >= 11 is 0. The lowest BCUT2D eigenvalue weighted by molar-refractivity contribution is 0.0196. The predicted molar refractivity (Wildman–Crippen MR) is 129 cm³/mol. The number of aliphatic hydroxyl groups excluding tert-OH is 2. The molecule has 0 bridgehead atoms. The number of alkyl halides is 2. The first-order valence-electron chi connectivity index (χ1n) is 11.4. The van der Waals surface area contributed by atoms with E-state index in [9.17, 15) is 19.0 Å². The highest BCUT2D eigenvalue weighted by Gasteiger charge is 2.33. The van der Waals surface area contributed by atoms with Crippen molar-refractivity contribution in [3.8, 4) is 0 Å². The summed E-state index contributed by atoms with van der Waals surface area (Å²) < 4.78 is 27.2. The molecular weight excluding hydrogens is 400 g/mol. The van der Waals surface area contributed by atoms with Crippen molar-refractivity contribution in [1.29, 1.82) is 0 Å². The van der Waals surface area contributed by atoms with Crippen LogP contribution in [-0.2, 0) is 0 Å². The number of piperidine rings is 3. The highest BCUT2D eigenvalue weighted by Crippen LogP contribution is 2.27. The smallest absolute Gasteiger partial charge is 0.128 e. The first kappa shape index (κ1) is 30.7. The number of hydrogen-bond donors (Lipinski definition) is 3. The molecule has 1 saturated carbocycles.